The second-order valence-corrected chi connectivity index (χ2v) is 7.70. The number of rotatable bonds is 8. The van der Waals surface area contributed by atoms with Crippen molar-refractivity contribution >= 4 is 17.5 Å². The standard InChI is InChI=1S/C20H31ClN2O2/c1-4-18(25-19-9-6-5-8-17(19)21)20(24)22-10-7-11-23-13-15(2)12-16(3)14-23/h5-6,8-9,15-16,18H,4,7,10-14H2,1-3H3,(H,22,24)/t15-,16-,18-/m1/s1. The number of hydrogen-bond donors (Lipinski definition) is 1. The van der Waals surface area contributed by atoms with Crippen LogP contribution < -0.4 is 10.1 Å². The fourth-order valence-electron chi connectivity index (χ4n) is 3.62. The van der Waals surface area contributed by atoms with Crippen molar-refractivity contribution in [3.8, 4) is 5.75 Å². The number of likely N-dealkylation sites (tertiary alicyclic amines) is 1. The highest BCUT2D eigenvalue weighted by Gasteiger charge is 2.22. The summed E-state index contributed by atoms with van der Waals surface area (Å²) in [6.45, 7) is 10.6. The molecule has 25 heavy (non-hydrogen) atoms. The third kappa shape index (κ3) is 6.52. The predicted octanol–water partition coefficient (Wildman–Crippen LogP) is 3.98. The van der Waals surface area contributed by atoms with Crippen LogP contribution in [0, 0.1) is 11.8 Å². The monoisotopic (exact) mass is 366 g/mol. The van der Waals surface area contributed by atoms with Crippen LogP contribution in [0.1, 0.15) is 40.0 Å². The number of carbonyl (C=O) groups excluding carboxylic acids is 1. The lowest BCUT2D eigenvalue weighted by Gasteiger charge is -2.35. The lowest BCUT2D eigenvalue weighted by Crippen LogP contribution is -2.41. The van der Waals surface area contributed by atoms with Crippen molar-refractivity contribution in [3.05, 3.63) is 29.3 Å². The summed E-state index contributed by atoms with van der Waals surface area (Å²) < 4.78 is 5.78. The third-order valence-electron chi connectivity index (χ3n) is 4.66. The molecule has 5 heteroatoms. The van der Waals surface area contributed by atoms with E-state index < -0.39 is 6.10 Å². The Labute approximate surface area is 156 Å². The average molecular weight is 367 g/mol. The molecule has 0 bridgehead atoms. The number of halogens is 1. The quantitative estimate of drug-likeness (QED) is 0.707. The molecule has 1 N–H and O–H groups in total. The van der Waals surface area contributed by atoms with Crippen LogP contribution in [0.3, 0.4) is 0 Å². The molecule has 3 atom stereocenters. The number of benzene rings is 1. The molecule has 0 radical (unpaired) electrons. The van der Waals surface area contributed by atoms with Crippen molar-refractivity contribution in [2.75, 3.05) is 26.2 Å². The van der Waals surface area contributed by atoms with E-state index in [0.29, 0.717) is 23.7 Å². The Morgan fingerprint density at radius 1 is 1.32 bits per heavy atom. The van der Waals surface area contributed by atoms with E-state index in [1.54, 1.807) is 12.1 Å². The first-order valence-electron chi connectivity index (χ1n) is 9.40. The average Bonchev–Trinajstić information content (AvgIpc) is 2.57. The molecule has 0 unspecified atom stereocenters. The maximum Gasteiger partial charge on any atom is 0.261 e. The van der Waals surface area contributed by atoms with Crippen LogP contribution in [-0.2, 0) is 4.79 Å². The number of carbonyl (C=O) groups is 1. The van der Waals surface area contributed by atoms with Gasteiger partial charge in [0, 0.05) is 19.6 Å². The number of piperidine rings is 1. The van der Waals surface area contributed by atoms with Crippen LogP contribution >= 0.6 is 11.6 Å². The Morgan fingerprint density at radius 3 is 2.64 bits per heavy atom. The molecule has 1 amide bonds. The van der Waals surface area contributed by atoms with Gasteiger partial charge in [0.15, 0.2) is 6.10 Å². The van der Waals surface area contributed by atoms with E-state index in [4.69, 9.17) is 16.3 Å². The normalized spacial score (nSPS) is 22.4. The molecule has 4 nitrogen and oxygen atoms in total. The molecule has 1 aliphatic heterocycles. The molecule has 0 aliphatic carbocycles. The van der Waals surface area contributed by atoms with Crippen molar-refractivity contribution in [1.82, 2.24) is 10.2 Å². The second-order valence-electron chi connectivity index (χ2n) is 7.30. The molecule has 140 valence electrons. The van der Waals surface area contributed by atoms with Gasteiger partial charge in [0.25, 0.3) is 5.91 Å². The van der Waals surface area contributed by atoms with Gasteiger partial charge in [-0.1, -0.05) is 44.5 Å². The maximum atomic E-state index is 12.4. The Hall–Kier alpha value is -1.26. The highest BCUT2D eigenvalue weighted by Crippen LogP contribution is 2.25. The fourth-order valence-corrected chi connectivity index (χ4v) is 3.80. The number of nitrogens with one attached hydrogen (secondary N) is 1. The van der Waals surface area contributed by atoms with E-state index in [2.05, 4.69) is 24.1 Å². The number of amides is 1. The van der Waals surface area contributed by atoms with E-state index >= 15 is 0 Å². The molecular weight excluding hydrogens is 336 g/mol. The van der Waals surface area contributed by atoms with Crippen molar-refractivity contribution in [1.29, 1.82) is 0 Å². The maximum absolute atomic E-state index is 12.4. The Bertz CT molecular complexity index is 542. The molecule has 1 fully saturated rings. The number of ether oxygens (including phenoxy) is 1. The first-order valence-corrected chi connectivity index (χ1v) is 9.78. The van der Waals surface area contributed by atoms with Gasteiger partial charge in [0.05, 0.1) is 5.02 Å². The van der Waals surface area contributed by atoms with E-state index in [9.17, 15) is 4.79 Å². The highest BCUT2D eigenvalue weighted by molar-refractivity contribution is 6.32. The minimum absolute atomic E-state index is 0.0669. The van der Waals surface area contributed by atoms with Crippen molar-refractivity contribution in [3.63, 3.8) is 0 Å². The lowest BCUT2D eigenvalue weighted by molar-refractivity contribution is -0.128. The summed E-state index contributed by atoms with van der Waals surface area (Å²) in [5, 5.41) is 3.53. The number of para-hydroxylation sites is 1. The smallest absolute Gasteiger partial charge is 0.261 e. The molecule has 1 saturated heterocycles. The predicted molar refractivity (Wildman–Crippen MR) is 103 cm³/mol. The molecule has 0 spiro atoms. The van der Waals surface area contributed by atoms with Crippen LogP contribution in [0.15, 0.2) is 24.3 Å². The summed E-state index contributed by atoms with van der Waals surface area (Å²) in [7, 11) is 0. The molecule has 0 saturated carbocycles. The Balaban J connectivity index is 1.72. The van der Waals surface area contributed by atoms with Gasteiger partial charge in [-0.15, -0.1) is 0 Å². The van der Waals surface area contributed by atoms with Crippen LogP contribution in [0.2, 0.25) is 5.02 Å². The lowest BCUT2D eigenvalue weighted by atomic mass is 9.92. The van der Waals surface area contributed by atoms with Gasteiger partial charge in [0.1, 0.15) is 5.75 Å². The van der Waals surface area contributed by atoms with Crippen LogP contribution in [0.5, 0.6) is 5.75 Å². The molecule has 0 aromatic heterocycles. The van der Waals surface area contributed by atoms with Crippen molar-refractivity contribution < 1.29 is 9.53 Å². The zero-order valence-corrected chi connectivity index (χ0v) is 16.4. The summed E-state index contributed by atoms with van der Waals surface area (Å²) in [4.78, 5) is 14.9. The highest BCUT2D eigenvalue weighted by atomic mass is 35.5. The topological polar surface area (TPSA) is 41.6 Å². The third-order valence-corrected chi connectivity index (χ3v) is 4.98. The van der Waals surface area contributed by atoms with Gasteiger partial charge >= 0.3 is 0 Å². The first kappa shape index (κ1) is 20.1. The summed E-state index contributed by atoms with van der Waals surface area (Å²) in [6, 6.07) is 7.25. The largest absolute Gasteiger partial charge is 0.479 e. The van der Waals surface area contributed by atoms with Gasteiger partial charge in [-0.2, -0.15) is 0 Å². The van der Waals surface area contributed by atoms with E-state index in [-0.39, 0.29) is 5.91 Å². The van der Waals surface area contributed by atoms with Crippen molar-refractivity contribution in [2.45, 2.75) is 46.1 Å². The van der Waals surface area contributed by atoms with Gasteiger partial charge in [-0.25, -0.2) is 0 Å². The summed E-state index contributed by atoms with van der Waals surface area (Å²) in [5.41, 5.74) is 0. The van der Waals surface area contributed by atoms with Crippen LogP contribution in [0.4, 0.5) is 0 Å². The molecular formula is C20H31ClN2O2. The first-order chi connectivity index (χ1) is 12.0. The zero-order chi connectivity index (χ0) is 18.2. The number of hydrogen-bond acceptors (Lipinski definition) is 3. The Kier molecular flexibility index (Phi) is 8.04. The van der Waals surface area contributed by atoms with E-state index in [0.717, 1.165) is 24.8 Å². The van der Waals surface area contributed by atoms with E-state index in [1.807, 2.05) is 19.1 Å². The summed E-state index contributed by atoms with van der Waals surface area (Å²) >= 11 is 6.10. The van der Waals surface area contributed by atoms with Crippen LogP contribution in [0.25, 0.3) is 0 Å². The van der Waals surface area contributed by atoms with Gasteiger partial charge < -0.3 is 15.0 Å². The minimum atomic E-state index is -0.505. The molecule has 2 rings (SSSR count). The molecule has 1 aromatic carbocycles. The molecule has 1 aliphatic rings. The van der Waals surface area contributed by atoms with Crippen LogP contribution in [-0.4, -0.2) is 43.1 Å². The molecule has 1 heterocycles. The zero-order valence-electron chi connectivity index (χ0n) is 15.6. The minimum Gasteiger partial charge on any atom is -0.479 e. The summed E-state index contributed by atoms with van der Waals surface area (Å²) in [5.74, 6) is 2.03. The second kappa shape index (κ2) is 10.0. The Morgan fingerprint density at radius 2 is 2.00 bits per heavy atom. The van der Waals surface area contributed by atoms with Crippen molar-refractivity contribution in [2.24, 2.45) is 11.8 Å². The summed E-state index contributed by atoms with van der Waals surface area (Å²) in [6.07, 6.45) is 2.39. The van der Waals surface area contributed by atoms with E-state index in [1.165, 1.54) is 19.5 Å². The van der Waals surface area contributed by atoms with Gasteiger partial charge in [0.2, 0.25) is 0 Å². The number of nitrogens with zero attached hydrogens (tertiary/aromatic N) is 1. The van der Waals surface area contributed by atoms with Gasteiger partial charge in [-0.3, -0.25) is 4.79 Å². The SMILES string of the molecule is CC[C@@H](Oc1ccccc1Cl)C(=O)NCCCN1C[C@H](C)C[C@@H](C)C1. The van der Waals surface area contributed by atoms with Gasteiger partial charge in [-0.05, 0) is 49.8 Å². The molecule has 1 aromatic rings. The fraction of sp³-hybridized carbons (Fsp3) is 0.650.